The number of hydrogen-bond acceptors (Lipinski definition) is 3. The Balaban J connectivity index is 2.09. The molecule has 0 heterocycles. The molecule has 96 valence electrons. The molecule has 0 bridgehead atoms. The Bertz CT molecular complexity index is 315. The summed E-state index contributed by atoms with van der Waals surface area (Å²) >= 11 is 0. The van der Waals surface area contributed by atoms with Crippen LogP contribution in [0, 0.1) is 5.92 Å². The normalized spacial score (nSPS) is 15.8. The third kappa shape index (κ3) is 5.74. The van der Waals surface area contributed by atoms with E-state index in [2.05, 4.69) is 16.0 Å². The molecule has 1 fully saturated rings. The van der Waals surface area contributed by atoms with E-state index in [0.29, 0.717) is 5.92 Å². The average molecular weight is 243 g/mol. The molecule has 0 aromatic rings. The van der Waals surface area contributed by atoms with Crippen LogP contribution in [0.25, 0.3) is 0 Å². The molecule has 4 N–H and O–H groups in total. The van der Waals surface area contributed by atoms with Crippen molar-refractivity contribution in [2.45, 2.75) is 25.8 Å². The Labute approximate surface area is 98.9 Å². The largest absolute Gasteiger partial charge is 0.480 e. The molecule has 7 heteroatoms. The lowest BCUT2D eigenvalue weighted by molar-refractivity contribution is -0.137. The third-order valence-corrected chi connectivity index (χ3v) is 2.53. The second-order valence-corrected chi connectivity index (χ2v) is 4.12. The average Bonchev–Trinajstić information content (AvgIpc) is 3.07. The van der Waals surface area contributed by atoms with Crippen molar-refractivity contribution in [3.05, 3.63) is 0 Å². The van der Waals surface area contributed by atoms with Gasteiger partial charge in [0.1, 0.15) is 6.54 Å². The Morgan fingerprint density at radius 3 is 2.41 bits per heavy atom. The topological polar surface area (TPSA) is 108 Å². The van der Waals surface area contributed by atoms with Gasteiger partial charge in [0.15, 0.2) is 0 Å². The Kier molecular flexibility index (Phi) is 4.74. The summed E-state index contributed by atoms with van der Waals surface area (Å²) in [7, 11) is 0. The fourth-order valence-electron chi connectivity index (χ4n) is 1.37. The molecule has 0 aromatic carbocycles. The van der Waals surface area contributed by atoms with Gasteiger partial charge in [-0.2, -0.15) is 0 Å². The molecule has 1 rings (SSSR count). The summed E-state index contributed by atoms with van der Waals surface area (Å²) in [6.07, 6.45) is 2.25. The molecule has 1 aliphatic rings. The van der Waals surface area contributed by atoms with Gasteiger partial charge in [0.2, 0.25) is 5.91 Å². The molecule has 0 radical (unpaired) electrons. The van der Waals surface area contributed by atoms with Crippen molar-refractivity contribution in [3.8, 4) is 0 Å². The van der Waals surface area contributed by atoms with Crippen molar-refractivity contribution in [3.63, 3.8) is 0 Å². The maximum absolute atomic E-state index is 11.3. The second-order valence-electron chi connectivity index (χ2n) is 4.12. The highest BCUT2D eigenvalue weighted by Crippen LogP contribution is 2.32. The minimum absolute atomic E-state index is 0.108. The molecule has 1 aliphatic carbocycles. The number of rotatable bonds is 6. The van der Waals surface area contributed by atoms with Crippen molar-refractivity contribution in [2.24, 2.45) is 5.92 Å². The van der Waals surface area contributed by atoms with Crippen molar-refractivity contribution in [1.82, 2.24) is 16.0 Å². The minimum atomic E-state index is -1.12. The first kappa shape index (κ1) is 13.3. The fourth-order valence-corrected chi connectivity index (χ4v) is 1.37. The summed E-state index contributed by atoms with van der Waals surface area (Å²) in [5.41, 5.74) is 0. The highest BCUT2D eigenvalue weighted by atomic mass is 16.4. The molecular weight excluding hydrogens is 226 g/mol. The van der Waals surface area contributed by atoms with E-state index in [1.807, 2.05) is 6.92 Å². The molecule has 0 spiro atoms. The molecule has 17 heavy (non-hydrogen) atoms. The number of urea groups is 1. The summed E-state index contributed by atoms with van der Waals surface area (Å²) in [6.45, 7) is 1.25. The van der Waals surface area contributed by atoms with Crippen LogP contribution in [0.3, 0.4) is 0 Å². The van der Waals surface area contributed by atoms with Gasteiger partial charge >= 0.3 is 12.0 Å². The lowest BCUT2D eigenvalue weighted by Gasteiger charge is -2.13. The molecule has 0 aromatic heterocycles. The van der Waals surface area contributed by atoms with E-state index in [4.69, 9.17) is 5.11 Å². The quantitative estimate of drug-likeness (QED) is 0.494. The van der Waals surface area contributed by atoms with Crippen LogP contribution in [0.15, 0.2) is 0 Å². The third-order valence-electron chi connectivity index (χ3n) is 2.53. The number of carbonyl (C=O) groups is 3. The van der Waals surface area contributed by atoms with Crippen LogP contribution in [0.5, 0.6) is 0 Å². The van der Waals surface area contributed by atoms with Crippen molar-refractivity contribution >= 4 is 17.9 Å². The first-order chi connectivity index (χ1) is 7.99. The number of hydrogen-bond donors (Lipinski definition) is 4. The Morgan fingerprint density at radius 2 is 1.88 bits per heavy atom. The zero-order valence-electron chi connectivity index (χ0n) is 9.66. The maximum Gasteiger partial charge on any atom is 0.322 e. The van der Waals surface area contributed by atoms with Gasteiger partial charge in [-0.3, -0.25) is 9.59 Å². The molecular formula is C10H17N3O4. The smallest absolute Gasteiger partial charge is 0.322 e. The van der Waals surface area contributed by atoms with Crippen LogP contribution in [0.4, 0.5) is 4.79 Å². The molecule has 1 atom stereocenters. The predicted molar refractivity (Wildman–Crippen MR) is 59.4 cm³/mol. The predicted octanol–water partition coefficient (Wildman–Crippen LogP) is -0.715. The van der Waals surface area contributed by atoms with E-state index in [9.17, 15) is 14.4 Å². The second kappa shape index (κ2) is 6.07. The molecule has 1 saturated carbocycles. The first-order valence-electron chi connectivity index (χ1n) is 5.52. The number of amides is 3. The molecule has 0 aliphatic heterocycles. The Morgan fingerprint density at radius 1 is 1.24 bits per heavy atom. The fraction of sp³-hybridized carbons (Fsp3) is 0.700. The van der Waals surface area contributed by atoms with Crippen molar-refractivity contribution in [2.75, 3.05) is 13.1 Å². The lowest BCUT2D eigenvalue weighted by atomic mass is 10.2. The zero-order chi connectivity index (χ0) is 12.8. The van der Waals surface area contributed by atoms with Crippen LogP contribution >= 0.6 is 0 Å². The number of carboxylic acids is 1. The van der Waals surface area contributed by atoms with Gasteiger partial charge in [-0.05, 0) is 25.7 Å². The van der Waals surface area contributed by atoms with Crippen LogP contribution in [-0.2, 0) is 9.59 Å². The van der Waals surface area contributed by atoms with Crippen LogP contribution in [0.1, 0.15) is 19.8 Å². The van der Waals surface area contributed by atoms with Gasteiger partial charge in [-0.15, -0.1) is 0 Å². The summed E-state index contributed by atoms with van der Waals surface area (Å²) in [5.74, 6) is -1.10. The van der Waals surface area contributed by atoms with Gasteiger partial charge in [0, 0.05) is 6.04 Å². The Hall–Kier alpha value is -1.79. The molecule has 0 saturated heterocycles. The van der Waals surface area contributed by atoms with E-state index in [0.717, 1.165) is 12.8 Å². The number of carboxylic acid groups (broad SMARTS) is 1. The number of aliphatic carboxylic acids is 1. The molecule has 1 unspecified atom stereocenters. The highest BCUT2D eigenvalue weighted by molar-refractivity contribution is 5.86. The highest BCUT2D eigenvalue weighted by Gasteiger charge is 2.28. The van der Waals surface area contributed by atoms with Crippen molar-refractivity contribution < 1.29 is 19.5 Å². The van der Waals surface area contributed by atoms with Gasteiger partial charge in [0.25, 0.3) is 0 Å². The monoisotopic (exact) mass is 243 g/mol. The minimum Gasteiger partial charge on any atom is -0.480 e. The number of nitrogens with one attached hydrogen (secondary N) is 3. The number of carbonyl (C=O) groups excluding carboxylic acids is 2. The van der Waals surface area contributed by atoms with Crippen molar-refractivity contribution in [1.29, 1.82) is 0 Å². The lowest BCUT2D eigenvalue weighted by Crippen LogP contribution is -2.46. The maximum atomic E-state index is 11.3. The molecule has 3 amide bonds. The standard InChI is InChI=1S/C10H17N3O4/c1-6(7-2-3-7)13-10(17)12-4-8(14)11-5-9(15)16/h6-7H,2-5H2,1H3,(H,11,14)(H,15,16)(H2,12,13,17). The summed E-state index contributed by atoms with van der Waals surface area (Å²) < 4.78 is 0. The van der Waals surface area contributed by atoms with E-state index in [-0.39, 0.29) is 12.6 Å². The first-order valence-corrected chi connectivity index (χ1v) is 5.52. The van der Waals surface area contributed by atoms with Gasteiger partial charge in [-0.25, -0.2) is 4.79 Å². The van der Waals surface area contributed by atoms with E-state index < -0.39 is 24.5 Å². The van der Waals surface area contributed by atoms with Gasteiger partial charge in [0.05, 0.1) is 6.54 Å². The van der Waals surface area contributed by atoms with Gasteiger partial charge in [-0.1, -0.05) is 0 Å². The van der Waals surface area contributed by atoms with Crippen LogP contribution in [-0.4, -0.2) is 42.1 Å². The van der Waals surface area contributed by atoms with Crippen LogP contribution in [0.2, 0.25) is 0 Å². The summed E-state index contributed by atoms with van der Waals surface area (Å²) in [4.78, 5) is 32.5. The molecule has 7 nitrogen and oxygen atoms in total. The SMILES string of the molecule is CC(NC(=O)NCC(=O)NCC(=O)O)C1CC1. The van der Waals surface area contributed by atoms with E-state index >= 15 is 0 Å². The van der Waals surface area contributed by atoms with Gasteiger partial charge < -0.3 is 21.1 Å². The summed E-state index contributed by atoms with van der Waals surface area (Å²) in [6, 6.07) is -0.299. The zero-order valence-corrected chi connectivity index (χ0v) is 9.66. The van der Waals surface area contributed by atoms with Crippen LogP contribution < -0.4 is 16.0 Å². The van der Waals surface area contributed by atoms with E-state index in [1.165, 1.54) is 0 Å². The summed E-state index contributed by atoms with van der Waals surface area (Å²) in [5, 5.41) is 15.5. The van der Waals surface area contributed by atoms with E-state index in [1.54, 1.807) is 0 Å².